The van der Waals surface area contributed by atoms with Gasteiger partial charge >= 0.3 is 0 Å². The van der Waals surface area contributed by atoms with E-state index >= 15 is 0 Å². The van der Waals surface area contributed by atoms with E-state index in [-0.39, 0.29) is 24.6 Å². The van der Waals surface area contributed by atoms with E-state index in [0.29, 0.717) is 5.12 Å². The molecule has 3 nitrogen and oxygen atoms in total. The van der Waals surface area contributed by atoms with Gasteiger partial charge in [-0.15, -0.1) is 9.60 Å². The first kappa shape index (κ1) is 6.95. The second-order valence-corrected chi connectivity index (χ2v) is 4.37. The minimum Gasteiger partial charge on any atom is -0.229 e. The molecule has 0 atom stereocenters. The lowest BCUT2D eigenvalue weighted by atomic mass is 10.6. The Hall–Kier alpha value is -0.160. The summed E-state index contributed by atoms with van der Waals surface area (Å²) >= 11 is 0. The maximum atomic E-state index is 12.1. The van der Waals surface area contributed by atoms with Crippen molar-refractivity contribution in [2.45, 2.75) is 0 Å². The van der Waals surface area contributed by atoms with Crippen molar-refractivity contribution < 1.29 is 12.9 Å². The maximum absolute atomic E-state index is 12.1. The summed E-state index contributed by atoms with van der Waals surface area (Å²) in [4.78, 5) is 0. The predicted octanol–water partition coefficient (Wildman–Crippen LogP) is -0.399. The van der Waals surface area contributed by atoms with Crippen molar-refractivity contribution in [2.75, 3.05) is 24.6 Å². The quantitative estimate of drug-likeness (QED) is 0.444. The van der Waals surface area contributed by atoms with E-state index in [1.807, 2.05) is 0 Å². The average molecular weight is 153 g/mol. The number of halogens is 1. The number of nitrogens with zero attached hydrogens (tertiary/aromatic N) is 1. The Balaban J connectivity index is 2.55. The number of hydrogen-bond donors (Lipinski definition) is 0. The molecule has 0 N–H and O–H groups in total. The second kappa shape index (κ2) is 2.22. The van der Waals surface area contributed by atoms with Crippen molar-refractivity contribution in [3.8, 4) is 0 Å². The van der Waals surface area contributed by atoms with Crippen molar-refractivity contribution in [3.05, 3.63) is 0 Å². The van der Waals surface area contributed by atoms with Gasteiger partial charge < -0.3 is 0 Å². The zero-order valence-corrected chi connectivity index (χ0v) is 5.69. The van der Waals surface area contributed by atoms with E-state index in [2.05, 4.69) is 0 Å². The highest BCUT2D eigenvalue weighted by Crippen LogP contribution is 2.02. The molecule has 1 fully saturated rings. The van der Waals surface area contributed by atoms with Crippen LogP contribution in [0.3, 0.4) is 0 Å². The van der Waals surface area contributed by atoms with Crippen LogP contribution in [-0.4, -0.2) is 38.1 Å². The van der Waals surface area contributed by atoms with Gasteiger partial charge in [0, 0.05) is 13.1 Å². The van der Waals surface area contributed by atoms with Gasteiger partial charge in [0.05, 0.1) is 11.5 Å². The minimum atomic E-state index is -2.90. The summed E-state index contributed by atoms with van der Waals surface area (Å²) in [6.45, 7) is 0.0602. The first-order chi connectivity index (χ1) is 4.10. The van der Waals surface area contributed by atoms with Gasteiger partial charge in [-0.1, -0.05) is 0 Å². The van der Waals surface area contributed by atoms with Gasteiger partial charge in [0.15, 0.2) is 9.84 Å². The van der Waals surface area contributed by atoms with Crippen molar-refractivity contribution in [3.63, 3.8) is 0 Å². The summed E-state index contributed by atoms with van der Waals surface area (Å²) in [5, 5.41) is 0.529. The first-order valence-corrected chi connectivity index (χ1v) is 4.53. The fraction of sp³-hybridized carbons (Fsp3) is 1.00. The van der Waals surface area contributed by atoms with Gasteiger partial charge in [-0.25, -0.2) is 8.42 Å². The van der Waals surface area contributed by atoms with Crippen LogP contribution in [0.5, 0.6) is 0 Å². The summed E-state index contributed by atoms with van der Waals surface area (Å²) < 4.78 is 33.3. The molecular weight excluding hydrogens is 145 g/mol. The predicted molar refractivity (Wildman–Crippen MR) is 31.3 cm³/mol. The minimum absolute atomic E-state index is 0.0301. The molecule has 0 unspecified atom stereocenters. The summed E-state index contributed by atoms with van der Waals surface area (Å²) in [5.74, 6) is -0.0764. The Bertz CT molecular complexity index is 175. The summed E-state index contributed by atoms with van der Waals surface area (Å²) in [5.41, 5.74) is 0. The molecule has 0 aromatic rings. The van der Waals surface area contributed by atoms with Crippen molar-refractivity contribution in [1.82, 2.24) is 5.12 Å². The number of hydrogen-bond acceptors (Lipinski definition) is 3. The summed E-state index contributed by atoms with van der Waals surface area (Å²) in [7, 11) is -2.90. The molecule has 5 heteroatoms. The third-order valence-electron chi connectivity index (χ3n) is 1.29. The molecule has 0 saturated carbocycles. The van der Waals surface area contributed by atoms with Crippen LogP contribution in [0.2, 0.25) is 0 Å². The van der Waals surface area contributed by atoms with Crippen LogP contribution in [0.25, 0.3) is 0 Å². The van der Waals surface area contributed by atoms with Crippen LogP contribution in [0.1, 0.15) is 0 Å². The normalized spacial score (nSPS) is 28.1. The molecule has 1 rings (SSSR count). The van der Waals surface area contributed by atoms with Crippen LogP contribution < -0.4 is 0 Å². The molecule has 1 aliphatic heterocycles. The Kier molecular flexibility index (Phi) is 1.72. The standard InChI is InChI=1S/C4H8FNO2S/c5-6-1-3-9(7,8)4-2-6/h1-4H2. The third-order valence-corrected chi connectivity index (χ3v) is 2.90. The molecule has 9 heavy (non-hydrogen) atoms. The fourth-order valence-electron chi connectivity index (χ4n) is 0.690. The monoisotopic (exact) mass is 153 g/mol. The SMILES string of the molecule is O=S1(=O)CCN(F)CC1. The molecule has 1 saturated heterocycles. The van der Waals surface area contributed by atoms with Crippen LogP contribution in [0.4, 0.5) is 4.48 Å². The molecule has 1 aliphatic rings. The van der Waals surface area contributed by atoms with E-state index in [9.17, 15) is 12.9 Å². The van der Waals surface area contributed by atoms with Crippen LogP contribution in [0, 0.1) is 0 Å². The second-order valence-electron chi connectivity index (χ2n) is 2.06. The lowest BCUT2D eigenvalue weighted by Crippen LogP contribution is -2.35. The van der Waals surface area contributed by atoms with Gasteiger partial charge in [0.1, 0.15) is 0 Å². The molecule has 0 radical (unpaired) electrons. The summed E-state index contributed by atoms with van der Waals surface area (Å²) in [6, 6.07) is 0. The van der Waals surface area contributed by atoms with Crippen LogP contribution >= 0.6 is 0 Å². The molecule has 1 heterocycles. The zero-order chi connectivity index (χ0) is 6.91. The Morgan fingerprint density at radius 1 is 1.22 bits per heavy atom. The topological polar surface area (TPSA) is 37.4 Å². The van der Waals surface area contributed by atoms with Gasteiger partial charge in [0.2, 0.25) is 0 Å². The molecule has 54 valence electrons. The van der Waals surface area contributed by atoms with Gasteiger partial charge in [0.25, 0.3) is 0 Å². The summed E-state index contributed by atoms with van der Waals surface area (Å²) in [6.07, 6.45) is 0. The van der Waals surface area contributed by atoms with Crippen molar-refractivity contribution in [2.24, 2.45) is 0 Å². The number of sulfone groups is 1. The van der Waals surface area contributed by atoms with Crippen molar-refractivity contribution >= 4 is 9.84 Å². The van der Waals surface area contributed by atoms with Gasteiger partial charge in [-0.05, 0) is 0 Å². The van der Waals surface area contributed by atoms with E-state index in [4.69, 9.17) is 0 Å². The lowest BCUT2D eigenvalue weighted by Gasteiger charge is -2.16. The smallest absolute Gasteiger partial charge is 0.153 e. The van der Waals surface area contributed by atoms with E-state index in [0.717, 1.165) is 0 Å². The number of rotatable bonds is 0. The Morgan fingerprint density at radius 2 is 1.67 bits per heavy atom. The molecule has 0 aromatic heterocycles. The molecule has 0 bridgehead atoms. The third kappa shape index (κ3) is 1.91. The van der Waals surface area contributed by atoms with E-state index in [1.165, 1.54) is 0 Å². The van der Waals surface area contributed by atoms with E-state index in [1.54, 1.807) is 0 Å². The van der Waals surface area contributed by atoms with E-state index < -0.39 is 9.84 Å². The first-order valence-electron chi connectivity index (χ1n) is 2.71. The fourth-order valence-corrected chi connectivity index (χ4v) is 1.85. The highest BCUT2D eigenvalue weighted by molar-refractivity contribution is 7.91. The molecular formula is C4H8FNO2S. The Morgan fingerprint density at radius 3 is 2.00 bits per heavy atom. The van der Waals surface area contributed by atoms with Gasteiger partial charge in [-0.2, -0.15) is 0 Å². The average Bonchev–Trinajstić information content (AvgIpc) is 1.78. The van der Waals surface area contributed by atoms with Crippen LogP contribution in [-0.2, 0) is 9.84 Å². The highest BCUT2D eigenvalue weighted by Gasteiger charge is 2.20. The maximum Gasteiger partial charge on any atom is 0.153 e. The lowest BCUT2D eigenvalue weighted by molar-refractivity contribution is 0.0366. The molecule has 0 amide bonds. The highest BCUT2D eigenvalue weighted by atomic mass is 32.2. The van der Waals surface area contributed by atoms with Crippen molar-refractivity contribution in [1.29, 1.82) is 0 Å². The largest absolute Gasteiger partial charge is 0.229 e. The van der Waals surface area contributed by atoms with Gasteiger partial charge in [-0.3, -0.25) is 0 Å². The zero-order valence-electron chi connectivity index (χ0n) is 4.88. The molecule has 0 spiro atoms. The molecule has 0 aromatic carbocycles. The van der Waals surface area contributed by atoms with Crippen LogP contribution in [0.15, 0.2) is 0 Å². The Labute approximate surface area is 53.3 Å². The molecule has 0 aliphatic carbocycles.